The molecule has 1 aliphatic heterocycles. The van der Waals surface area contributed by atoms with Crippen LogP contribution in [0.1, 0.15) is 18.9 Å². The molecule has 1 N–H and O–H groups in total. The molecular formula is C18H22N6O. The van der Waals surface area contributed by atoms with Gasteiger partial charge in [-0.3, -0.25) is 4.57 Å². The Hall–Kier alpha value is -2.83. The van der Waals surface area contributed by atoms with Crippen molar-refractivity contribution in [1.82, 2.24) is 19.5 Å². The Morgan fingerprint density at radius 2 is 1.92 bits per heavy atom. The number of piperidine rings is 1. The van der Waals surface area contributed by atoms with E-state index in [2.05, 4.69) is 19.9 Å². The number of rotatable bonds is 3. The van der Waals surface area contributed by atoms with Gasteiger partial charge in [0.25, 0.3) is 0 Å². The van der Waals surface area contributed by atoms with Crippen LogP contribution in [0.3, 0.4) is 0 Å². The maximum absolute atomic E-state index is 12.4. The number of nitrogens with zero attached hydrogens (tertiary/aromatic N) is 5. The van der Waals surface area contributed by atoms with Gasteiger partial charge in [-0.15, -0.1) is 0 Å². The standard InChI is InChI=1S/C18H22N6O/c1-22(2)17-19-10-7-16(21-17)23-11-8-13(9-12-23)24-15-6-4-3-5-14(15)20-18(24)25/h3-7,10,13H,8-9,11-12H2,1-2H3,(H,20,25). The van der Waals surface area contributed by atoms with Crippen LogP contribution in [0.2, 0.25) is 0 Å². The number of aromatic amines is 1. The predicted octanol–water partition coefficient (Wildman–Crippen LogP) is 2.03. The fourth-order valence-electron chi connectivity index (χ4n) is 3.52. The number of hydrogen-bond acceptors (Lipinski definition) is 5. The summed E-state index contributed by atoms with van der Waals surface area (Å²) < 4.78 is 1.91. The van der Waals surface area contributed by atoms with Crippen molar-refractivity contribution in [2.45, 2.75) is 18.9 Å². The number of imidazole rings is 1. The van der Waals surface area contributed by atoms with Crippen molar-refractivity contribution in [2.24, 2.45) is 0 Å². The molecule has 0 bridgehead atoms. The lowest BCUT2D eigenvalue weighted by Crippen LogP contribution is -2.37. The topological polar surface area (TPSA) is 70.1 Å². The van der Waals surface area contributed by atoms with Gasteiger partial charge in [0.15, 0.2) is 0 Å². The van der Waals surface area contributed by atoms with E-state index in [0.29, 0.717) is 5.95 Å². The predicted molar refractivity (Wildman–Crippen MR) is 99.4 cm³/mol. The van der Waals surface area contributed by atoms with Crippen LogP contribution in [-0.4, -0.2) is 46.7 Å². The summed E-state index contributed by atoms with van der Waals surface area (Å²) in [5.41, 5.74) is 1.88. The van der Waals surface area contributed by atoms with Gasteiger partial charge in [0, 0.05) is 39.4 Å². The van der Waals surface area contributed by atoms with Crippen molar-refractivity contribution in [3.05, 3.63) is 47.0 Å². The van der Waals surface area contributed by atoms with E-state index in [1.165, 1.54) is 0 Å². The van der Waals surface area contributed by atoms with Gasteiger partial charge in [0.1, 0.15) is 5.82 Å². The molecule has 1 aliphatic rings. The number of anilines is 2. The van der Waals surface area contributed by atoms with Crippen LogP contribution in [0.15, 0.2) is 41.3 Å². The second-order valence-corrected chi connectivity index (χ2v) is 6.64. The SMILES string of the molecule is CN(C)c1nccc(N2CCC(n3c(=O)[nH]c4ccccc43)CC2)n1. The molecule has 0 aliphatic carbocycles. The van der Waals surface area contributed by atoms with Crippen LogP contribution >= 0.6 is 0 Å². The largest absolute Gasteiger partial charge is 0.356 e. The van der Waals surface area contributed by atoms with Crippen molar-refractivity contribution in [3.63, 3.8) is 0 Å². The van der Waals surface area contributed by atoms with E-state index in [9.17, 15) is 4.79 Å². The summed E-state index contributed by atoms with van der Waals surface area (Å²) in [5, 5.41) is 0. The molecule has 1 aromatic carbocycles. The van der Waals surface area contributed by atoms with Crippen molar-refractivity contribution in [1.29, 1.82) is 0 Å². The quantitative estimate of drug-likeness (QED) is 0.791. The highest BCUT2D eigenvalue weighted by molar-refractivity contribution is 5.75. The molecule has 1 fully saturated rings. The number of benzene rings is 1. The first-order valence-electron chi connectivity index (χ1n) is 8.58. The van der Waals surface area contributed by atoms with Gasteiger partial charge in [-0.05, 0) is 31.0 Å². The summed E-state index contributed by atoms with van der Waals surface area (Å²) in [6.07, 6.45) is 3.64. The molecule has 4 rings (SSSR count). The molecule has 1 saturated heterocycles. The van der Waals surface area contributed by atoms with E-state index < -0.39 is 0 Å². The minimum absolute atomic E-state index is 0.0171. The number of para-hydroxylation sites is 2. The highest BCUT2D eigenvalue weighted by atomic mass is 16.1. The average molecular weight is 338 g/mol. The lowest BCUT2D eigenvalue weighted by atomic mass is 10.0. The van der Waals surface area contributed by atoms with Crippen molar-refractivity contribution >= 4 is 22.8 Å². The Bertz CT molecular complexity index is 936. The van der Waals surface area contributed by atoms with E-state index in [1.54, 1.807) is 6.20 Å². The van der Waals surface area contributed by atoms with Crippen LogP contribution in [0, 0.1) is 0 Å². The molecule has 3 heterocycles. The molecule has 0 spiro atoms. The van der Waals surface area contributed by atoms with Crippen molar-refractivity contribution in [2.75, 3.05) is 37.0 Å². The monoisotopic (exact) mass is 338 g/mol. The third-order valence-corrected chi connectivity index (χ3v) is 4.81. The molecule has 7 nitrogen and oxygen atoms in total. The number of H-pyrrole nitrogens is 1. The van der Waals surface area contributed by atoms with Crippen LogP contribution in [0.5, 0.6) is 0 Å². The molecular weight excluding hydrogens is 316 g/mol. The summed E-state index contributed by atoms with van der Waals surface area (Å²) in [7, 11) is 3.88. The number of hydrogen-bond donors (Lipinski definition) is 1. The van der Waals surface area contributed by atoms with Crippen molar-refractivity contribution in [3.8, 4) is 0 Å². The summed E-state index contributed by atoms with van der Waals surface area (Å²) in [6, 6.07) is 10.0. The van der Waals surface area contributed by atoms with E-state index in [1.807, 2.05) is 53.9 Å². The molecule has 0 saturated carbocycles. The molecule has 25 heavy (non-hydrogen) atoms. The number of fused-ring (bicyclic) bond motifs is 1. The highest BCUT2D eigenvalue weighted by Gasteiger charge is 2.24. The Kier molecular flexibility index (Phi) is 3.91. The van der Waals surface area contributed by atoms with Gasteiger partial charge in [0.2, 0.25) is 5.95 Å². The Morgan fingerprint density at radius 3 is 2.68 bits per heavy atom. The summed E-state index contributed by atoms with van der Waals surface area (Å²) >= 11 is 0. The zero-order chi connectivity index (χ0) is 17.4. The fraction of sp³-hybridized carbons (Fsp3) is 0.389. The zero-order valence-corrected chi connectivity index (χ0v) is 14.5. The van der Waals surface area contributed by atoms with Crippen LogP contribution in [0.25, 0.3) is 11.0 Å². The van der Waals surface area contributed by atoms with Crippen LogP contribution < -0.4 is 15.5 Å². The number of aromatic nitrogens is 4. The third-order valence-electron chi connectivity index (χ3n) is 4.81. The first kappa shape index (κ1) is 15.7. The Labute approximate surface area is 145 Å². The van der Waals surface area contributed by atoms with Gasteiger partial charge < -0.3 is 14.8 Å². The van der Waals surface area contributed by atoms with Gasteiger partial charge in [-0.2, -0.15) is 4.98 Å². The molecule has 7 heteroatoms. The van der Waals surface area contributed by atoms with Crippen molar-refractivity contribution < 1.29 is 0 Å². The van der Waals surface area contributed by atoms with E-state index in [-0.39, 0.29) is 11.7 Å². The first-order chi connectivity index (χ1) is 12.1. The lowest BCUT2D eigenvalue weighted by Gasteiger charge is -2.33. The summed E-state index contributed by atoms with van der Waals surface area (Å²) in [6.45, 7) is 1.75. The molecule has 0 amide bonds. The second-order valence-electron chi connectivity index (χ2n) is 6.64. The maximum Gasteiger partial charge on any atom is 0.326 e. The molecule has 3 aromatic rings. The van der Waals surface area contributed by atoms with E-state index in [4.69, 9.17) is 0 Å². The van der Waals surface area contributed by atoms with Crippen LogP contribution in [-0.2, 0) is 0 Å². The van der Waals surface area contributed by atoms with Gasteiger partial charge >= 0.3 is 5.69 Å². The minimum atomic E-state index is -0.0171. The summed E-state index contributed by atoms with van der Waals surface area (Å²) in [4.78, 5) is 28.4. The highest BCUT2D eigenvalue weighted by Crippen LogP contribution is 2.27. The molecule has 2 aromatic heterocycles. The lowest BCUT2D eigenvalue weighted by molar-refractivity contribution is 0.395. The number of nitrogens with one attached hydrogen (secondary N) is 1. The Morgan fingerprint density at radius 1 is 1.16 bits per heavy atom. The Balaban J connectivity index is 1.54. The van der Waals surface area contributed by atoms with Crippen LogP contribution in [0.4, 0.5) is 11.8 Å². The molecule has 130 valence electrons. The zero-order valence-electron chi connectivity index (χ0n) is 14.5. The fourth-order valence-corrected chi connectivity index (χ4v) is 3.52. The van der Waals surface area contributed by atoms with Gasteiger partial charge in [0.05, 0.1) is 11.0 Å². The second kappa shape index (κ2) is 6.23. The van der Waals surface area contributed by atoms with Gasteiger partial charge in [-0.25, -0.2) is 9.78 Å². The minimum Gasteiger partial charge on any atom is -0.356 e. The van der Waals surface area contributed by atoms with E-state index in [0.717, 1.165) is 42.8 Å². The normalized spacial score (nSPS) is 15.7. The smallest absolute Gasteiger partial charge is 0.326 e. The molecule has 0 unspecified atom stereocenters. The third kappa shape index (κ3) is 2.86. The first-order valence-corrected chi connectivity index (χ1v) is 8.58. The molecule has 0 radical (unpaired) electrons. The molecule has 0 atom stereocenters. The maximum atomic E-state index is 12.4. The van der Waals surface area contributed by atoms with Gasteiger partial charge in [-0.1, -0.05) is 12.1 Å². The summed E-state index contributed by atoms with van der Waals surface area (Å²) in [5.74, 6) is 1.66. The van der Waals surface area contributed by atoms with E-state index >= 15 is 0 Å². The average Bonchev–Trinajstić information content (AvgIpc) is 2.97.